The van der Waals surface area contributed by atoms with E-state index in [1.165, 1.54) is 12.1 Å². The van der Waals surface area contributed by atoms with E-state index in [0.29, 0.717) is 17.1 Å². The summed E-state index contributed by atoms with van der Waals surface area (Å²) in [6.45, 7) is 4.11. The lowest BCUT2D eigenvalue weighted by molar-refractivity contribution is 0.442. The number of aromatic nitrogens is 4. The van der Waals surface area contributed by atoms with E-state index in [2.05, 4.69) is 28.8 Å². The van der Waals surface area contributed by atoms with Crippen molar-refractivity contribution in [2.75, 3.05) is 0 Å². The molecule has 0 saturated carbocycles. The van der Waals surface area contributed by atoms with Crippen molar-refractivity contribution in [1.82, 2.24) is 19.9 Å². The summed E-state index contributed by atoms with van der Waals surface area (Å²) in [6.07, 6.45) is 1.64. The monoisotopic (exact) mass is 374 g/mol. The van der Waals surface area contributed by atoms with Crippen LogP contribution in [0.2, 0.25) is 0 Å². The number of para-hydroxylation sites is 1. The number of hydrogen-bond donors (Lipinski definition) is 1. The van der Waals surface area contributed by atoms with Gasteiger partial charge in [0.1, 0.15) is 17.4 Å². The second kappa shape index (κ2) is 7.60. The Hall–Kier alpha value is -3.54. The molecule has 4 rings (SSSR count). The molecule has 0 aliphatic heterocycles. The van der Waals surface area contributed by atoms with Gasteiger partial charge in [-0.05, 0) is 42.5 Å². The molecule has 0 bridgehead atoms. The minimum absolute atomic E-state index is 0.204. The van der Waals surface area contributed by atoms with Gasteiger partial charge in [0.05, 0.1) is 17.1 Å². The molecule has 0 saturated heterocycles. The minimum atomic E-state index is -0.287. The highest BCUT2D eigenvalue weighted by Crippen LogP contribution is 2.32. The van der Waals surface area contributed by atoms with E-state index in [9.17, 15) is 4.39 Å². The molecule has 0 atom stereocenters. The van der Waals surface area contributed by atoms with Gasteiger partial charge in [-0.25, -0.2) is 14.4 Å². The van der Waals surface area contributed by atoms with Crippen LogP contribution in [0.1, 0.15) is 25.6 Å². The Morgan fingerprint density at radius 2 is 1.68 bits per heavy atom. The van der Waals surface area contributed by atoms with Gasteiger partial charge in [0.25, 0.3) is 0 Å². The van der Waals surface area contributed by atoms with Gasteiger partial charge in [-0.2, -0.15) is 4.98 Å². The molecule has 0 fully saturated rings. The summed E-state index contributed by atoms with van der Waals surface area (Å²) in [5, 5.41) is 0. The molecule has 2 aromatic heterocycles. The van der Waals surface area contributed by atoms with Crippen LogP contribution in [-0.2, 0) is 0 Å². The Morgan fingerprint density at radius 3 is 2.39 bits per heavy atom. The second-order valence-corrected chi connectivity index (χ2v) is 6.65. The number of nitrogens with zero attached hydrogens (tertiary/aromatic N) is 3. The molecule has 2 heterocycles. The number of H-pyrrole nitrogens is 1. The van der Waals surface area contributed by atoms with Crippen LogP contribution in [0.15, 0.2) is 66.9 Å². The molecule has 0 unspecified atom stereocenters. The molecule has 0 aliphatic rings. The van der Waals surface area contributed by atoms with Crippen LogP contribution in [0.25, 0.3) is 22.6 Å². The zero-order chi connectivity index (χ0) is 19.5. The molecule has 0 amide bonds. The molecule has 140 valence electrons. The molecule has 0 radical (unpaired) electrons. The van der Waals surface area contributed by atoms with E-state index in [1.807, 2.05) is 30.3 Å². The Balaban J connectivity index is 1.76. The van der Waals surface area contributed by atoms with Crippen molar-refractivity contribution >= 4 is 0 Å². The summed E-state index contributed by atoms with van der Waals surface area (Å²) in [5.41, 5.74) is 2.92. The molecular formula is C22H19FN4O. The maximum atomic E-state index is 13.4. The Labute approximate surface area is 162 Å². The van der Waals surface area contributed by atoms with E-state index >= 15 is 0 Å². The van der Waals surface area contributed by atoms with Crippen molar-refractivity contribution in [3.8, 4) is 34.4 Å². The van der Waals surface area contributed by atoms with Crippen LogP contribution < -0.4 is 4.74 Å². The normalized spacial score (nSPS) is 11.0. The van der Waals surface area contributed by atoms with E-state index < -0.39 is 0 Å². The third kappa shape index (κ3) is 3.76. The molecular weight excluding hydrogens is 355 g/mol. The SMILES string of the molecule is CC(C)c1nc(-c2ccc(F)cc2)c(-c2ccnc(Oc3ccccc3)n2)[nH]1. The van der Waals surface area contributed by atoms with Crippen LogP contribution in [0.5, 0.6) is 11.8 Å². The van der Waals surface area contributed by atoms with Crippen LogP contribution >= 0.6 is 0 Å². The van der Waals surface area contributed by atoms with E-state index in [-0.39, 0.29) is 17.7 Å². The Kier molecular flexibility index (Phi) is 4.85. The highest BCUT2D eigenvalue weighted by Gasteiger charge is 2.18. The van der Waals surface area contributed by atoms with E-state index in [4.69, 9.17) is 9.72 Å². The quantitative estimate of drug-likeness (QED) is 0.495. The lowest BCUT2D eigenvalue weighted by Crippen LogP contribution is -1.95. The zero-order valence-corrected chi connectivity index (χ0v) is 15.6. The Bertz CT molecular complexity index is 1080. The molecule has 28 heavy (non-hydrogen) atoms. The summed E-state index contributed by atoms with van der Waals surface area (Å²) >= 11 is 0. The highest BCUT2D eigenvalue weighted by atomic mass is 19.1. The van der Waals surface area contributed by atoms with Crippen molar-refractivity contribution in [2.24, 2.45) is 0 Å². The van der Waals surface area contributed by atoms with Gasteiger partial charge in [-0.3, -0.25) is 0 Å². The van der Waals surface area contributed by atoms with E-state index in [1.54, 1.807) is 24.4 Å². The van der Waals surface area contributed by atoms with Gasteiger partial charge >= 0.3 is 6.01 Å². The average molecular weight is 374 g/mol. The summed E-state index contributed by atoms with van der Waals surface area (Å²) < 4.78 is 19.1. The molecule has 5 nitrogen and oxygen atoms in total. The molecule has 0 spiro atoms. The molecule has 0 aliphatic carbocycles. The molecule has 4 aromatic rings. The van der Waals surface area contributed by atoms with Gasteiger partial charge in [-0.1, -0.05) is 32.0 Å². The predicted molar refractivity (Wildman–Crippen MR) is 106 cm³/mol. The van der Waals surface area contributed by atoms with Crippen molar-refractivity contribution in [3.63, 3.8) is 0 Å². The number of aromatic amines is 1. The summed E-state index contributed by atoms with van der Waals surface area (Å²) in [6, 6.07) is 17.7. The first kappa shape index (κ1) is 17.9. The predicted octanol–water partition coefficient (Wildman–Crippen LogP) is 5.59. The van der Waals surface area contributed by atoms with Crippen molar-refractivity contribution in [2.45, 2.75) is 19.8 Å². The number of halogens is 1. The third-order valence-corrected chi connectivity index (χ3v) is 4.23. The lowest BCUT2D eigenvalue weighted by atomic mass is 10.1. The van der Waals surface area contributed by atoms with Crippen LogP contribution in [0.4, 0.5) is 4.39 Å². The number of rotatable bonds is 5. The molecule has 1 N–H and O–H groups in total. The fourth-order valence-corrected chi connectivity index (χ4v) is 2.79. The fourth-order valence-electron chi connectivity index (χ4n) is 2.79. The van der Waals surface area contributed by atoms with Crippen LogP contribution in [-0.4, -0.2) is 19.9 Å². The topological polar surface area (TPSA) is 63.7 Å². The van der Waals surface area contributed by atoms with Crippen LogP contribution in [0.3, 0.4) is 0 Å². The second-order valence-electron chi connectivity index (χ2n) is 6.65. The maximum Gasteiger partial charge on any atom is 0.322 e. The van der Waals surface area contributed by atoms with Crippen molar-refractivity contribution in [1.29, 1.82) is 0 Å². The zero-order valence-electron chi connectivity index (χ0n) is 15.6. The highest BCUT2D eigenvalue weighted by molar-refractivity contribution is 5.76. The first-order valence-corrected chi connectivity index (χ1v) is 9.02. The lowest BCUT2D eigenvalue weighted by Gasteiger charge is -2.06. The number of imidazole rings is 1. The largest absolute Gasteiger partial charge is 0.424 e. The number of benzene rings is 2. The van der Waals surface area contributed by atoms with E-state index in [0.717, 1.165) is 17.1 Å². The van der Waals surface area contributed by atoms with Gasteiger partial charge < -0.3 is 9.72 Å². The van der Waals surface area contributed by atoms with Crippen molar-refractivity contribution < 1.29 is 9.13 Å². The van der Waals surface area contributed by atoms with Crippen LogP contribution in [0, 0.1) is 5.82 Å². The number of nitrogens with one attached hydrogen (secondary N) is 1. The smallest absolute Gasteiger partial charge is 0.322 e. The molecule has 6 heteroatoms. The fraction of sp³-hybridized carbons (Fsp3) is 0.136. The van der Waals surface area contributed by atoms with Crippen molar-refractivity contribution in [3.05, 3.63) is 78.5 Å². The number of ether oxygens (including phenoxy) is 1. The summed E-state index contributed by atoms with van der Waals surface area (Å²) in [5.74, 6) is 1.41. The summed E-state index contributed by atoms with van der Waals surface area (Å²) in [4.78, 5) is 16.8. The van der Waals surface area contributed by atoms with Gasteiger partial charge in [0.2, 0.25) is 0 Å². The first-order chi connectivity index (χ1) is 13.6. The maximum absolute atomic E-state index is 13.4. The number of hydrogen-bond acceptors (Lipinski definition) is 4. The minimum Gasteiger partial charge on any atom is -0.424 e. The average Bonchev–Trinajstić information content (AvgIpc) is 3.15. The summed E-state index contributed by atoms with van der Waals surface area (Å²) in [7, 11) is 0. The Morgan fingerprint density at radius 1 is 0.929 bits per heavy atom. The van der Waals surface area contributed by atoms with Gasteiger partial charge in [0, 0.05) is 17.7 Å². The van der Waals surface area contributed by atoms with Gasteiger partial charge in [0.15, 0.2) is 0 Å². The molecule has 2 aromatic carbocycles. The standard InChI is InChI=1S/C22H19FN4O/c1-14(2)21-26-19(15-8-10-16(23)11-9-15)20(27-21)18-12-13-24-22(25-18)28-17-6-4-3-5-7-17/h3-14H,1-2H3,(H,26,27). The first-order valence-electron chi connectivity index (χ1n) is 9.02. The van der Waals surface area contributed by atoms with Gasteiger partial charge in [-0.15, -0.1) is 0 Å². The third-order valence-electron chi connectivity index (χ3n) is 4.23.